The summed E-state index contributed by atoms with van der Waals surface area (Å²) in [6.07, 6.45) is 0.0942. The molecule has 0 unspecified atom stereocenters. The van der Waals surface area contributed by atoms with Gasteiger partial charge in [-0.2, -0.15) is 0 Å². The van der Waals surface area contributed by atoms with Crippen molar-refractivity contribution in [1.29, 1.82) is 0 Å². The lowest BCUT2D eigenvalue weighted by Gasteiger charge is -2.18. The Morgan fingerprint density at radius 3 is 2.46 bits per heavy atom. The van der Waals surface area contributed by atoms with Gasteiger partial charge < -0.3 is 10.1 Å². The number of ether oxygens (including phenoxy) is 1. The zero-order chi connectivity index (χ0) is 19.3. The van der Waals surface area contributed by atoms with Crippen molar-refractivity contribution in [3.8, 4) is 0 Å². The zero-order valence-corrected chi connectivity index (χ0v) is 16.1. The Morgan fingerprint density at radius 1 is 1.08 bits per heavy atom. The number of amides is 1. The normalized spacial score (nSPS) is 13.0. The summed E-state index contributed by atoms with van der Waals surface area (Å²) in [6, 6.07) is 13.3. The first-order valence-electron chi connectivity index (χ1n) is 9.01. The van der Waals surface area contributed by atoms with Crippen LogP contribution in [0.25, 0.3) is 0 Å². The number of carbonyl (C=O) groups is 2. The van der Waals surface area contributed by atoms with E-state index in [9.17, 15) is 9.59 Å². The molecule has 0 saturated carbocycles. The van der Waals surface area contributed by atoms with Gasteiger partial charge in [0.05, 0.1) is 5.56 Å². The standard InChI is InChI=1S/C22H27NO3/c1-6-15(3)18-9-7-8-10-20(18)23-21(24)17(5)26-22(25)19-13-14(2)11-12-16(19)4/h7-13,15,17H,6H2,1-5H3,(H,23,24)/t15-,17+/m0/s1. The Bertz CT molecular complexity index is 798. The fourth-order valence-electron chi connectivity index (χ4n) is 2.73. The van der Waals surface area contributed by atoms with Crippen LogP contribution in [0.15, 0.2) is 42.5 Å². The molecule has 0 spiro atoms. The SMILES string of the molecule is CC[C@H](C)c1ccccc1NC(=O)[C@@H](C)OC(=O)c1cc(C)ccc1C. The smallest absolute Gasteiger partial charge is 0.339 e. The zero-order valence-electron chi connectivity index (χ0n) is 16.1. The first-order chi connectivity index (χ1) is 12.3. The van der Waals surface area contributed by atoms with Gasteiger partial charge in [-0.1, -0.05) is 49.7 Å². The van der Waals surface area contributed by atoms with Gasteiger partial charge in [-0.25, -0.2) is 4.79 Å². The number of benzene rings is 2. The van der Waals surface area contributed by atoms with E-state index in [1.54, 1.807) is 13.0 Å². The lowest BCUT2D eigenvalue weighted by atomic mass is 9.97. The molecule has 0 saturated heterocycles. The number of anilines is 1. The minimum Gasteiger partial charge on any atom is -0.449 e. The van der Waals surface area contributed by atoms with Gasteiger partial charge in [0.2, 0.25) is 0 Å². The van der Waals surface area contributed by atoms with Gasteiger partial charge in [0.15, 0.2) is 6.10 Å². The number of carbonyl (C=O) groups excluding carboxylic acids is 2. The summed E-state index contributed by atoms with van der Waals surface area (Å²) in [5.74, 6) is -0.484. The largest absolute Gasteiger partial charge is 0.449 e. The molecule has 0 aliphatic rings. The summed E-state index contributed by atoms with van der Waals surface area (Å²) in [7, 11) is 0. The molecule has 0 bridgehead atoms. The van der Waals surface area contributed by atoms with Crippen molar-refractivity contribution in [3.05, 3.63) is 64.7 Å². The number of rotatable bonds is 6. The Labute approximate surface area is 155 Å². The highest BCUT2D eigenvalue weighted by atomic mass is 16.5. The highest BCUT2D eigenvalue weighted by Gasteiger charge is 2.21. The number of aryl methyl sites for hydroxylation is 2. The summed E-state index contributed by atoms with van der Waals surface area (Å²) < 4.78 is 5.38. The number of nitrogens with one attached hydrogen (secondary N) is 1. The van der Waals surface area contributed by atoms with E-state index in [0.717, 1.165) is 28.8 Å². The number of hydrogen-bond acceptors (Lipinski definition) is 3. The Kier molecular flexibility index (Phi) is 6.56. The third kappa shape index (κ3) is 4.72. The molecule has 4 nitrogen and oxygen atoms in total. The van der Waals surface area contributed by atoms with Crippen molar-refractivity contribution in [2.45, 2.75) is 53.1 Å². The van der Waals surface area contributed by atoms with E-state index in [1.807, 2.05) is 50.2 Å². The maximum absolute atomic E-state index is 12.5. The topological polar surface area (TPSA) is 55.4 Å². The summed E-state index contributed by atoms with van der Waals surface area (Å²) in [5, 5.41) is 2.89. The molecule has 0 aromatic heterocycles. The van der Waals surface area contributed by atoms with E-state index in [4.69, 9.17) is 4.74 Å². The van der Waals surface area contributed by atoms with Gasteiger partial charge in [-0.3, -0.25) is 4.79 Å². The minimum atomic E-state index is -0.882. The third-order valence-electron chi connectivity index (χ3n) is 4.63. The lowest BCUT2D eigenvalue weighted by Crippen LogP contribution is -2.30. The van der Waals surface area contributed by atoms with E-state index < -0.39 is 12.1 Å². The second kappa shape index (κ2) is 8.65. The molecule has 1 N–H and O–H groups in total. The average molecular weight is 353 g/mol. The van der Waals surface area contributed by atoms with E-state index in [-0.39, 0.29) is 5.91 Å². The monoisotopic (exact) mass is 353 g/mol. The fourth-order valence-corrected chi connectivity index (χ4v) is 2.73. The van der Waals surface area contributed by atoms with Crippen LogP contribution in [-0.2, 0) is 9.53 Å². The molecule has 0 heterocycles. The molecule has 0 radical (unpaired) electrons. The van der Waals surface area contributed by atoms with Crippen molar-refractivity contribution in [2.24, 2.45) is 0 Å². The minimum absolute atomic E-state index is 0.333. The molecule has 0 aliphatic heterocycles. The Hall–Kier alpha value is -2.62. The predicted molar refractivity (Wildman–Crippen MR) is 105 cm³/mol. The fraction of sp³-hybridized carbons (Fsp3) is 0.364. The van der Waals surface area contributed by atoms with Crippen molar-refractivity contribution >= 4 is 17.6 Å². The summed E-state index contributed by atoms with van der Waals surface area (Å²) in [6.45, 7) is 9.58. The van der Waals surface area contributed by atoms with Crippen LogP contribution in [0, 0.1) is 13.8 Å². The van der Waals surface area contributed by atoms with Crippen LogP contribution in [-0.4, -0.2) is 18.0 Å². The maximum atomic E-state index is 12.5. The Balaban J connectivity index is 2.09. The van der Waals surface area contributed by atoms with E-state index in [2.05, 4.69) is 19.2 Å². The van der Waals surface area contributed by atoms with Crippen LogP contribution in [0.2, 0.25) is 0 Å². The number of esters is 1. The average Bonchev–Trinajstić information content (AvgIpc) is 2.63. The van der Waals surface area contributed by atoms with Gasteiger partial charge in [0, 0.05) is 5.69 Å². The summed E-state index contributed by atoms with van der Waals surface area (Å²) >= 11 is 0. The van der Waals surface area contributed by atoms with Gasteiger partial charge in [0.25, 0.3) is 5.91 Å². The van der Waals surface area contributed by atoms with Crippen molar-refractivity contribution < 1.29 is 14.3 Å². The van der Waals surface area contributed by atoms with Crippen molar-refractivity contribution in [3.63, 3.8) is 0 Å². The highest BCUT2D eigenvalue weighted by molar-refractivity contribution is 5.98. The first-order valence-corrected chi connectivity index (χ1v) is 9.01. The Morgan fingerprint density at radius 2 is 1.77 bits per heavy atom. The van der Waals surface area contributed by atoms with E-state index >= 15 is 0 Å². The van der Waals surface area contributed by atoms with Crippen molar-refractivity contribution in [2.75, 3.05) is 5.32 Å². The molecule has 2 rings (SSSR count). The lowest BCUT2D eigenvalue weighted by molar-refractivity contribution is -0.123. The van der Waals surface area contributed by atoms with Crippen LogP contribution < -0.4 is 5.32 Å². The molecule has 0 fully saturated rings. The van der Waals surface area contributed by atoms with Crippen LogP contribution in [0.5, 0.6) is 0 Å². The van der Waals surface area contributed by atoms with Crippen LogP contribution in [0.4, 0.5) is 5.69 Å². The molecule has 26 heavy (non-hydrogen) atoms. The molecule has 4 heteroatoms. The number of hydrogen-bond donors (Lipinski definition) is 1. The third-order valence-corrected chi connectivity index (χ3v) is 4.63. The van der Waals surface area contributed by atoms with E-state index in [0.29, 0.717) is 11.5 Å². The molecule has 1 amide bonds. The molecular formula is C22H27NO3. The number of para-hydroxylation sites is 1. The second-order valence-electron chi connectivity index (χ2n) is 6.75. The second-order valence-corrected chi connectivity index (χ2v) is 6.75. The van der Waals surface area contributed by atoms with Crippen LogP contribution in [0.3, 0.4) is 0 Å². The highest BCUT2D eigenvalue weighted by Crippen LogP contribution is 2.26. The molecular weight excluding hydrogens is 326 g/mol. The van der Waals surface area contributed by atoms with Gasteiger partial charge >= 0.3 is 5.97 Å². The van der Waals surface area contributed by atoms with Crippen molar-refractivity contribution in [1.82, 2.24) is 0 Å². The quantitative estimate of drug-likeness (QED) is 0.744. The van der Waals surface area contributed by atoms with E-state index in [1.165, 1.54) is 0 Å². The van der Waals surface area contributed by atoms with Gasteiger partial charge in [-0.05, 0) is 56.4 Å². The van der Waals surface area contributed by atoms with Gasteiger partial charge in [0.1, 0.15) is 0 Å². The molecule has 2 aromatic carbocycles. The summed E-state index contributed by atoms with van der Waals surface area (Å²) in [5.41, 5.74) is 4.14. The maximum Gasteiger partial charge on any atom is 0.339 e. The van der Waals surface area contributed by atoms with Crippen LogP contribution in [0.1, 0.15) is 60.2 Å². The van der Waals surface area contributed by atoms with Gasteiger partial charge in [-0.15, -0.1) is 0 Å². The summed E-state index contributed by atoms with van der Waals surface area (Å²) in [4.78, 5) is 24.9. The predicted octanol–water partition coefficient (Wildman–Crippen LogP) is 5.00. The first kappa shape index (κ1) is 19.7. The van der Waals surface area contributed by atoms with Crippen LogP contribution >= 0.6 is 0 Å². The molecule has 2 atom stereocenters. The molecule has 138 valence electrons. The molecule has 0 aliphatic carbocycles. The molecule has 2 aromatic rings.